The van der Waals surface area contributed by atoms with E-state index in [0.717, 1.165) is 12.5 Å². The van der Waals surface area contributed by atoms with Crippen molar-refractivity contribution in [1.29, 1.82) is 0 Å². The molecule has 0 saturated carbocycles. The summed E-state index contributed by atoms with van der Waals surface area (Å²) in [6.45, 7) is 9.03. The number of amides is 1. The molecular weight excluding hydrogens is 481 g/mol. The fourth-order valence-electron chi connectivity index (χ4n) is 3.57. The molecule has 2 aliphatic rings. The molecule has 2 unspecified atom stereocenters. The molecule has 1 amide bonds. The lowest BCUT2D eigenvalue weighted by Gasteiger charge is -2.44. The normalized spacial score (nSPS) is 19.8. The van der Waals surface area contributed by atoms with Gasteiger partial charge in [0.25, 0.3) is 5.91 Å². The Labute approximate surface area is 218 Å². The molecule has 2 aromatic carbocycles. The minimum atomic E-state index is -0.958. The Balaban J connectivity index is 0.000000633. The summed E-state index contributed by atoms with van der Waals surface area (Å²) in [5.41, 5.74) is -0.134. The number of ether oxygens (including phenoxy) is 1. The van der Waals surface area contributed by atoms with Crippen LogP contribution in [0.2, 0.25) is 6.32 Å². The third-order valence-corrected chi connectivity index (χ3v) is 6.12. The van der Waals surface area contributed by atoms with Gasteiger partial charge in [-0.25, -0.2) is 13.8 Å². The highest BCUT2D eigenvalue weighted by molar-refractivity contribution is 8.13. The summed E-state index contributed by atoms with van der Waals surface area (Å²) in [5, 5.41) is 3.24. The predicted octanol–water partition coefficient (Wildman–Crippen LogP) is 5.94. The highest BCUT2D eigenvalue weighted by atomic mass is 32.2. The fourth-order valence-corrected chi connectivity index (χ4v) is 4.76. The van der Waals surface area contributed by atoms with E-state index in [4.69, 9.17) is 14.5 Å². The molecule has 2 aliphatic heterocycles. The SMILES string of the molecule is CC.CCC.O=C(NC1=NC2(c3ccc(F)cc3F)COCCC2CS1)c1ccccc1.[B]CC=O. The van der Waals surface area contributed by atoms with E-state index in [1.807, 2.05) is 19.9 Å². The average molecular weight is 516 g/mol. The minimum absolute atomic E-state index is 0.0496. The number of nitrogens with zero attached hydrogens (tertiary/aromatic N) is 1. The highest BCUT2D eigenvalue weighted by Gasteiger charge is 2.47. The van der Waals surface area contributed by atoms with Crippen molar-refractivity contribution in [3.63, 3.8) is 0 Å². The van der Waals surface area contributed by atoms with Gasteiger partial charge >= 0.3 is 0 Å². The first-order valence-electron chi connectivity index (χ1n) is 12.2. The Morgan fingerprint density at radius 3 is 2.44 bits per heavy atom. The third kappa shape index (κ3) is 8.85. The molecule has 0 bridgehead atoms. The predicted molar refractivity (Wildman–Crippen MR) is 145 cm³/mol. The van der Waals surface area contributed by atoms with Gasteiger partial charge in [0.2, 0.25) is 0 Å². The van der Waals surface area contributed by atoms with E-state index in [1.54, 1.807) is 24.3 Å². The van der Waals surface area contributed by atoms with Crippen LogP contribution in [0.25, 0.3) is 0 Å². The van der Waals surface area contributed by atoms with Gasteiger partial charge in [0.15, 0.2) is 5.17 Å². The Morgan fingerprint density at radius 2 is 1.86 bits per heavy atom. The second-order valence-corrected chi connectivity index (χ2v) is 8.75. The standard InChI is InChI=1S/C20H18F2N2O2S.C3H8.C2H3BO.C2H6/c21-15-6-7-16(17(22)10-15)20-12-26-9-8-14(20)11-27-19(24-20)23-18(25)13-4-2-1-3-5-13;1-3-2;3-1-2-4;1-2/h1-7,10,14H,8-9,11-12H2,(H,23,24,25);3H2,1-2H3;2H,1H2;1-2H3. The molecule has 2 atom stereocenters. The van der Waals surface area contributed by atoms with Gasteiger partial charge in [-0.15, -0.1) is 0 Å². The van der Waals surface area contributed by atoms with Gasteiger partial charge in [-0.3, -0.25) is 4.79 Å². The van der Waals surface area contributed by atoms with E-state index >= 15 is 0 Å². The minimum Gasteiger partial charge on any atom is -0.379 e. The zero-order valence-corrected chi connectivity index (χ0v) is 22.2. The number of hydrogen-bond acceptors (Lipinski definition) is 5. The van der Waals surface area contributed by atoms with Gasteiger partial charge in [-0.05, 0) is 30.9 Å². The van der Waals surface area contributed by atoms with Crippen LogP contribution < -0.4 is 5.32 Å². The lowest BCUT2D eigenvalue weighted by Crippen LogP contribution is -2.49. The Morgan fingerprint density at radius 1 is 1.22 bits per heavy atom. The number of hydrogen-bond donors (Lipinski definition) is 1. The number of carbonyl (C=O) groups is 2. The molecule has 9 heteroatoms. The van der Waals surface area contributed by atoms with Crippen molar-refractivity contribution in [3.8, 4) is 0 Å². The molecule has 2 aromatic rings. The Kier molecular flexibility index (Phi) is 14.9. The van der Waals surface area contributed by atoms with Crippen molar-refractivity contribution in [2.45, 2.75) is 52.4 Å². The number of aldehydes is 1. The van der Waals surface area contributed by atoms with Gasteiger partial charge in [0, 0.05) is 35.5 Å². The molecular formula is C27H35BF2N2O3S. The van der Waals surface area contributed by atoms with Crippen molar-refractivity contribution >= 4 is 37.0 Å². The van der Waals surface area contributed by atoms with Crippen molar-refractivity contribution in [1.82, 2.24) is 5.32 Å². The Bertz CT molecular complexity index is 979. The second-order valence-electron chi connectivity index (χ2n) is 7.74. The summed E-state index contributed by atoms with van der Waals surface area (Å²) in [4.78, 5) is 26.2. The van der Waals surface area contributed by atoms with Crippen molar-refractivity contribution < 1.29 is 23.1 Å². The number of thioether (sulfide) groups is 1. The monoisotopic (exact) mass is 516 g/mol. The number of rotatable bonds is 3. The van der Waals surface area contributed by atoms with Gasteiger partial charge in [0.1, 0.15) is 23.5 Å². The molecule has 4 rings (SSSR count). The van der Waals surface area contributed by atoms with E-state index in [-0.39, 0.29) is 24.8 Å². The molecule has 0 spiro atoms. The van der Waals surface area contributed by atoms with E-state index in [1.165, 1.54) is 30.3 Å². The summed E-state index contributed by atoms with van der Waals surface area (Å²) in [6.07, 6.45) is 2.77. The maximum atomic E-state index is 14.6. The number of halogens is 2. The molecule has 36 heavy (non-hydrogen) atoms. The summed E-state index contributed by atoms with van der Waals surface area (Å²) in [5.74, 6) is -0.823. The first-order chi connectivity index (χ1) is 17.4. The van der Waals surface area contributed by atoms with Crippen LogP contribution in [-0.2, 0) is 15.1 Å². The summed E-state index contributed by atoms with van der Waals surface area (Å²) in [6, 6.07) is 12.4. The van der Waals surface area contributed by atoms with Crippen molar-refractivity contribution in [2.24, 2.45) is 10.9 Å². The van der Waals surface area contributed by atoms with Crippen LogP contribution in [0.15, 0.2) is 53.5 Å². The van der Waals surface area contributed by atoms with Crippen LogP contribution in [0.4, 0.5) is 8.78 Å². The molecule has 1 N–H and O–H groups in total. The number of nitrogens with one attached hydrogen (secondary N) is 1. The number of aliphatic imine (C=N–C) groups is 1. The maximum Gasteiger partial charge on any atom is 0.257 e. The Hall–Kier alpha value is -2.52. The summed E-state index contributed by atoms with van der Waals surface area (Å²) < 4.78 is 33.6. The zero-order chi connectivity index (χ0) is 27.0. The zero-order valence-electron chi connectivity index (χ0n) is 21.4. The van der Waals surface area contributed by atoms with Gasteiger partial charge < -0.3 is 14.8 Å². The molecule has 1 fully saturated rings. The third-order valence-electron chi connectivity index (χ3n) is 5.08. The molecule has 2 radical (unpaired) electrons. The van der Waals surface area contributed by atoms with Gasteiger partial charge in [0.05, 0.1) is 14.5 Å². The van der Waals surface area contributed by atoms with Crippen molar-refractivity contribution in [2.75, 3.05) is 19.0 Å². The largest absolute Gasteiger partial charge is 0.379 e. The molecule has 2 heterocycles. The number of amidine groups is 1. The van der Waals surface area contributed by atoms with Crippen molar-refractivity contribution in [3.05, 3.63) is 71.3 Å². The van der Waals surface area contributed by atoms with Crippen LogP contribution in [0.1, 0.15) is 56.5 Å². The lowest BCUT2D eigenvalue weighted by molar-refractivity contribution is -0.106. The summed E-state index contributed by atoms with van der Waals surface area (Å²) >= 11 is 1.44. The lowest BCUT2D eigenvalue weighted by atomic mass is 9.76. The maximum absolute atomic E-state index is 14.6. The highest BCUT2D eigenvalue weighted by Crippen LogP contribution is 2.45. The van der Waals surface area contributed by atoms with E-state index in [9.17, 15) is 13.6 Å². The number of fused-ring (bicyclic) bond motifs is 1. The van der Waals surface area contributed by atoms with Crippen LogP contribution in [0.3, 0.4) is 0 Å². The molecule has 5 nitrogen and oxygen atoms in total. The first-order valence-corrected chi connectivity index (χ1v) is 13.2. The number of benzene rings is 2. The fraction of sp³-hybridized carbons (Fsp3) is 0.444. The van der Waals surface area contributed by atoms with Crippen LogP contribution >= 0.6 is 11.8 Å². The average Bonchev–Trinajstić information content (AvgIpc) is 2.90. The van der Waals surface area contributed by atoms with Crippen LogP contribution in [-0.4, -0.2) is 44.2 Å². The quantitative estimate of drug-likeness (QED) is 0.405. The van der Waals surface area contributed by atoms with E-state index < -0.39 is 17.2 Å². The smallest absolute Gasteiger partial charge is 0.257 e. The van der Waals surface area contributed by atoms with Crippen LogP contribution in [0, 0.1) is 17.6 Å². The molecule has 0 aliphatic carbocycles. The van der Waals surface area contributed by atoms with Gasteiger partial charge in [-0.2, -0.15) is 0 Å². The van der Waals surface area contributed by atoms with E-state index in [0.29, 0.717) is 34.9 Å². The first kappa shape index (κ1) is 31.5. The summed E-state index contributed by atoms with van der Waals surface area (Å²) in [7, 11) is 4.66. The second kappa shape index (κ2) is 17.0. The molecule has 1 saturated heterocycles. The molecule has 194 valence electrons. The number of carbonyl (C=O) groups excluding carboxylic acids is 2. The molecule has 0 aromatic heterocycles. The topological polar surface area (TPSA) is 67.8 Å². The van der Waals surface area contributed by atoms with Crippen LogP contribution in [0.5, 0.6) is 0 Å². The van der Waals surface area contributed by atoms with E-state index in [2.05, 4.69) is 27.0 Å². The van der Waals surface area contributed by atoms with Gasteiger partial charge in [-0.1, -0.05) is 70.1 Å².